The fraction of sp³-hybridized carbons (Fsp3) is 0.462. The molecule has 1 saturated carbocycles. The summed E-state index contributed by atoms with van der Waals surface area (Å²) in [5.74, 6) is -1.86. The largest absolute Gasteiger partial charge is 0.496 e. The molecule has 1 aliphatic heterocycles. The van der Waals surface area contributed by atoms with Crippen molar-refractivity contribution in [1.82, 2.24) is 9.80 Å². The Balaban J connectivity index is 0.000000454. The van der Waals surface area contributed by atoms with Gasteiger partial charge in [-0.3, -0.25) is 9.80 Å². The van der Waals surface area contributed by atoms with Crippen LogP contribution in [0.2, 0.25) is 0 Å². The van der Waals surface area contributed by atoms with Crippen molar-refractivity contribution in [1.29, 1.82) is 0 Å². The van der Waals surface area contributed by atoms with Crippen LogP contribution in [0.3, 0.4) is 0 Å². The Morgan fingerprint density at radius 2 is 1.42 bits per heavy atom. The zero-order valence-electron chi connectivity index (χ0n) is 19.2. The maximum Gasteiger partial charge on any atom is 0.414 e. The monoisotopic (exact) mass is 454 g/mol. The van der Waals surface area contributed by atoms with E-state index in [-0.39, 0.29) is 0 Å². The maximum absolute atomic E-state index is 9.10. The van der Waals surface area contributed by atoms with E-state index in [0.29, 0.717) is 0 Å². The second-order valence-corrected chi connectivity index (χ2v) is 8.65. The topological polar surface area (TPSA) is 90.3 Å². The number of piperazine rings is 1. The first-order valence-corrected chi connectivity index (χ1v) is 11.6. The fourth-order valence-electron chi connectivity index (χ4n) is 4.86. The molecule has 2 aliphatic rings. The highest BCUT2D eigenvalue weighted by Gasteiger charge is 2.29. The highest BCUT2D eigenvalue weighted by molar-refractivity contribution is 6.27. The third kappa shape index (κ3) is 7.30. The van der Waals surface area contributed by atoms with E-state index in [1.165, 1.54) is 49.9 Å². The average molecular weight is 455 g/mol. The van der Waals surface area contributed by atoms with E-state index in [4.69, 9.17) is 24.5 Å². The lowest BCUT2D eigenvalue weighted by Gasteiger charge is -2.42. The molecule has 4 rings (SSSR count). The SMILES string of the molecule is COc1ccccc1CN1CCN(C2CCC(c3ccccc3)CC2)CC1.O=C(O)C(=O)O. The van der Waals surface area contributed by atoms with Crippen molar-refractivity contribution in [2.75, 3.05) is 33.3 Å². The first-order valence-electron chi connectivity index (χ1n) is 11.6. The molecule has 0 bridgehead atoms. The standard InChI is InChI=1S/C24H32N2O.C2H2O4/c1-27-24-10-6-5-9-22(24)19-25-15-17-26(18-16-25)23-13-11-21(12-14-23)20-7-3-2-4-8-20;3-1(4)2(5)6/h2-10,21,23H,11-19H2,1H3;(H,3,4)(H,5,6). The molecule has 2 aromatic carbocycles. The Bertz CT molecular complexity index is 877. The van der Waals surface area contributed by atoms with Crippen LogP contribution in [0.1, 0.15) is 42.7 Å². The van der Waals surface area contributed by atoms with Crippen molar-refractivity contribution in [2.24, 2.45) is 0 Å². The first-order chi connectivity index (χ1) is 16.0. The van der Waals surface area contributed by atoms with Gasteiger partial charge in [-0.2, -0.15) is 0 Å². The molecule has 1 heterocycles. The molecule has 1 saturated heterocycles. The zero-order chi connectivity index (χ0) is 23.6. The summed E-state index contributed by atoms with van der Waals surface area (Å²) in [5.41, 5.74) is 2.84. The molecule has 0 radical (unpaired) electrons. The molecule has 178 valence electrons. The summed E-state index contributed by atoms with van der Waals surface area (Å²) in [5, 5.41) is 14.8. The summed E-state index contributed by atoms with van der Waals surface area (Å²) in [4.78, 5) is 23.5. The van der Waals surface area contributed by atoms with Gasteiger partial charge in [0.25, 0.3) is 0 Å². The van der Waals surface area contributed by atoms with E-state index in [1.54, 1.807) is 7.11 Å². The van der Waals surface area contributed by atoms with Crippen LogP contribution in [0.25, 0.3) is 0 Å². The summed E-state index contributed by atoms with van der Waals surface area (Å²) < 4.78 is 5.51. The van der Waals surface area contributed by atoms with Gasteiger partial charge in [-0.1, -0.05) is 48.5 Å². The lowest BCUT2D eigenvalue weighted by atomic mass is 9.81. The third-order valence-electron chi connectivity index (χ3n) is 6.66. The number of carboxylic acids is 2. The summed E-state index contributed by atoms with van der Waals surface area (Å²) in [6, 6.07) is 20.3. The van der Waals surface area contributed by atoms with Crippen molar-refractivity contribution < 1.29 is 24.5 Å². The van der Waals surface area contributed by atoms with Gasteiger partial charge in [0.15, 0.2) is 0 Å². The number of para-hydroxylation sites is 1. The van der Waals surface area contributed by atoms with Crippen LogP contribution < -0.4 is 4.74 Å². The van der Waals surface area contributed by atoms with E-state index in [2.05, 4.69) is 58.3 Å². The molecule has 2 N–H and O–H groups in total. The predicted molar refractivity (Wildman–Crippen MR) is 127 cm³/mol. The average Bonchev–Trinajstić information content (AvgIpc) is 2.86. The van der Waals surface area contributed by atoms with Gasteiger partial charge in [0, 0.05) is 44.3 Å². The molecule has 2 aromatic rings. The number of rotatable bonds is 5. The number of aliphatic carboxylic acids is 2. The van der Waals surface area contributed by atoms with Crippen LogP contribution in [-0.4, -0.2) is 71.3 Å². The molecule has 0 unspecified atom stereocenters. The second kappa shape index (κ2) is 12.4. The Labute approximate surface area is 195 Å². The van der Waals surface area contributed by atoms with Gasteiger partial charge in [-0.15, -0.1) is 0 Å². The molecule has 2 fully saturated rings. The Morgan fingerprint density at radius 3 is 2.00 bits per heavy atom. The number of ether oxygens (including phenoxy) is 1. The maximum atomic E-state index is 9.10. The number of hydrogen-bond donors (Lipinski definition) is 2. The molecule has 0 atom stereocenters. The van der Waals surface area contributed by atoms with Gasteiger partial charge < -0.3 is 14.9 Å². The molecule has 0 amide bonds. The second-order valence-electron chi connectivity index (χ2n) is 8.65. The zero-order valence-corrected chi connectivity index (χ0v) is 19.2. The molecule has 1 aliphatic carbocycles. The molecule has 0 spiro atoms. The minimum atomic E-state index is -1.82. The van der Waals surface area contributed by atoms with E-state index in [1.807, 2.05) is 6.07 Å². The number of carbonyl (C=O) groups is 2. The minimum Gasteiger partial charge on any atom is -0.496 e. The lowest BCUT2D eigenvalue weighted by molar-refractivity contribution is -0.159. The van der Waals surface area contributed by atoms with Crippen LogP contribution in [-0.2, 0) is 16.1 Å². The Morgan fingerprint density at radius 1 is 0.848 bits per heavy atom. The van der Waals surface area contributed by atoms with Crippen LogP contribution >= 0.6 is 0 Å². The fourth-order valence-corrected chi connectivity index (χ4v) is 4.86. The molecule has 0 aromatic heterocycles. The highest BCUT2D eigenvalue weighted by Crippen LogP contribution is 2.35. The number of carboxylic acid groups (broad SMARTS) is 2. The number of hydrogen-bond acceptors (Lipinski definition) is 5. The van der Waals surface area contributed by atoms with Crippen LogP contribution in [0.15, 0.2) is 54.6 Å². The van der Waals surface area contributed by atoms with Gasteiger partial charge >= 0.3 is 11.9 Å². The van der Waals surface area contributed by atoms with Crippen molar-refractivity contribution in [3.8, 4) is 5.75 Å². The van der Waals surface area contributed by atoms with Crippen molar-refractivity contribution in [3.63, 3.8) is 0 Å². The predicted octanol–water partition coefficient (Wildman–Crippen LogP) is 3.69. The molecular formula is C26H34N2O5. The van der Waals surface area contributed by atoms with Gasteiger partial charge in [0.05, 0.1) is 7.11 Å². The number of methoxy groups -OCH3 is 1. The van der Waals surface area contributed by atoms with Gasteiger partial charge in [-0.25, -0.2) is 9.59 Å². The van der Waals surface area contributed by atoms with Crippen LogP contribution in [0.5, 0.6) is 5.75 Å². The third-order valence-corrected chi connectivity index (χ3v) is 6.66. The Hall–Kier alpha value is -2.90. The van der Waals surface area contributed by atoms with Crippen LogP contribution in [0, 0.1) is 0 Å². The van der Waals surface area contributed by atoms with E-state index >= 15 is 0 Å². The quantitative estimate of drug-likeness (QED) is 0.666. The summed E-state index contributed by atoms with van der Waals surface area (Å²) >= 11 is 0. The summed E-state index contributed by atoms with van der Waals surface area (Å²) in [6.45, 7) is 5.73. The van der Waals surface area contributed by atoms with E-state index < -0.39 is 11.9 Å². The van der Waals surface area contributed by atoms with Crippen molar-refractivity contribution in [3.05, 3.63) is 65.7 Å². The van der Waals surface area contributed by atoms with Gasteiger partial charge in [0.2, 0.25) is 0 Å². The number of nitrogens with zero attached hydrogens (tertiary/aromatic N) is 2. The lowest BCUT2D eigenvalue weighted by Crippen LogP contribution is -2.50. The smallest absolute Gasteiger partial charge is 0.414 e. The highest BCUT2D eigenvalue weighted by atomic mass is 16.5. The normalized spacial score (nSPS) is 21.5. The Kier molecular flexibility index (Phi) is 9.27. The van der Waals surface area contributed by atoms with Crippen molar-refractivity contribution in [2.45, 2.75) is 44.2 Å². The van der Waals surface area contributed by atoms with Crippen molar-refractivity contribution >= 4 is 11.9 Å². The molecular weight excluding hydrogens is 420 g/mol. The van der Waals surface area contributed by atoms with Crippen LogP contribution in [0.4, 0.5) is 0 Å². The summed E-state index contributed by atoms with van der Waals surface area (Å²) in [6.07, 6.45) is 5.39. The minimum absolute atomic E-state index is 0.772. The molecule has 7 heteroatoms. The van der Waals surface area contributed by atoms with Gasteiger partial charge in [0.1, 0.15) is 5.75 Å². The van der Waals surface area contributed by atoms with E-state index in [9.17, 15) is 0 Å². The number of benzene rings is 2. The first kappa shape index (κ1) is 24.7. The summed E-state index contributed by atoms with van der Waals surface area (Å²) in [7, 11) is 1.77. The molecule has 7 nitrogen and oxygen atoms in total. The van der Waals surface area contributed by atoms with Gasteiger partial charge in [-0.05, 0) is 43.2 Å². The molecule has 33 heavy (non-hydrogen) atoms. The van der Waals surface area contributed by atoms with E-state index in [0.717, 1.165) is 37.3 Å².